The number of benzene rings is 1. The standard InChI is InChI=1S/C18H24O3.C10H18O/c1-18-7-6-13-12-5-3-11(19)8-10(12)2-4-14(13)15(18)9-16(20)17(18)21;1-2-6-9(5-1)11-10-7-3-4-8-10/h3,5,8,13-17,19-21H,2,4,6-7,9H2,1H3;9-10H,1-8H2/t13-,14-,15+,16-,17+,18+;/m1./s1. The molecule has 0 radical (unpaired) electrons. The maximum atomic E-state index is 10.4. The average Bonchev–Trinajstić information content (AvgIpc) is 3.53. The van der Waals surface area contributed by atoms with Gasteiger partial charge in [-0.1, -0.05) is 38.7 Å². The molecule has 4 fully saturated rings. The van der Waals surface area contributed by atoms with Gasteiger partial charge in [0.1, 0.15) is 5.75 Å². The summed E-state index contributed by atoms with van der Waals surface area (Å²) >= 11 is 0. The molecule has 0 bridgehead atoms. The van der Waals surface area contributed by atoms with Crippen LogP contribution >= 0.6 is 0 Å². The van der Waals surface area contributed by atoms with E-state index in [-0.39, 0.29) is 5.41 Å². The van der Waals surface area contributed by atoms with E-state index in [1.807, 2.05) is 6.07 Å². The summed E-state index contributed by atoms with van der Waals surface area (Å²) in [4.78, 5) is 0. The Bertz CT molecular complexity index is 768. The molecule has 1 aromatic carbocycles. The average molecular weight is 443 g/mol. The fourth-order valence-electron chi connectivity index (χ4n) is 7.88. The zero-order valence-electron chi connectivity index (χ0n) is 19.7. The summed E-state index contributed by atoms with van der Waals surface area (Å²) in [5.74, 6) is 1.88. The molecule has 6 atom stereocenters. The fourth-order valence-corrected chi connectivity index (χ4v) is 7.88. The number of aliphatic hydroxyl groups excluding tert-OH is 2. The zero-order chi connectivity index (χ0) is 22.3. The van der Waals surface area contributed by atoms with Gasteiger partial charge in [0.25, 0.3) is 0 Å². The summed E-state index contributed by atoms with van der Waals surface area (Å²) in [7, 11) is 0. The molecule has 3 N–H and O–H groups in total. The van der Waals surface area contributed by atoms with Crippen LogP contribution < -0.4 is 0 Å². The van der Waals surface area contributed by atoms with Crippen molar-refractivity contribution in [2.45, 2.75) is 121 Å². The normalized spacial score (nSPS) is 39.2. The van der Waals surface area contributed by atoms with Gasteiger partial charge in [0, 0.05) is 0 Å². The summed E-state index contributed by atoms with van der Waals surface area (Å²) in [6.45, 7) is 2.17. The molecule has 1 aromatic rings. The summed E-state index contributed by atoms with van der Waals surface area (Å²) < 4.78 is 5.97. The lowest BCUT2D eigenvalue weighted by atomic mass is 9.55. The molecule has 4 saturated carbocycles. The topological polar surface area (TPSA) is 69.9 Å². The van der Waals surface area contributed by atoms with Gasteiger partial charge in [0.15, 0.2) is 0 Å². The minimum Gasteiger partial charge on any atom is -0.508 e. The van der Waals surface area contributed by atoms with Crippen molar-refractivity contribution in [3.63, 3.8) is 0 Å². The lowest BCUT2D eigenvalue weighted by molar-refractivity contribution is -0.0505. The second-order valence-corrected chi connectivity index (χ2v) is 11.5. The highest BCUT2D eigenvalue weighted by molar-refractivity contribution is 5.40. The fraction of sp³-hybridized carbons (Fsp3) is 0.786. The minimum absolute atomic E-state index is 0.116. The van der Waals surface area contributed by atoms with E-state index in [0.29, 0.717) is 35.7 Å². The van der Waals surface area contributed by atoms with Crippen LogP contribution in [-0.2, 0) is 11.2 Å². The first-order valence-corrected chi connectivity index (χ1v) is 13.3. The molecule has 5 aliphatic carbocycles. The highest BCUT2D eigenvalue weighted by Crippen LogP contribution is 2.60. The first-order valence-electron chi connectivity index (χ1n) is 13.3. The summed E-state index contributed by atoms with van der Waals surface area (Å²) in [6.07, 6.45) is 16.0. The molecule has 0 aromatic heterocycles. The van der Waals surface area contributed by atoms with E-state index in [1.54, 1.807) is 6.07 Å². The third kappa shape index (κ3) is 4.23. The van der Waals surface area contributed by atoms with Gasteiger partial charge in [0.2, 0.25) is 0 Å². The smallest absolute Gasteiger partial charge is 0.115 e. The predicted molar refractivity (Wildman–Crippen MR) is 126 cm³/mol. The van der Waals surface area contributed by atoms with Gasteiger partial charge in [-0.15, -0.1) is 0 Å². The lowest BCUT2D eigenvalue weighted by Gasteiger charge is -2.49. The van der Waals surface area contributed by atoms with Crippen LogP contribution in [0.2, 0.25) is 0 Å². The van der Waals surface area contributed by atoms with Gasteiger partial charge in [-0.25, -0.2) is 0 Å². The van der Waals surface area contributed by atoms with Crippen LogP contribution in [0.25, 0.3) is 0 Å². The SMILES string of the molecule is C1CCC(OC2CCCC2)C1.C[C@]12CC[C@@H]3c4ccc(O)cc4CC[C@H]3[C@@H]1C[C@@H](O)[C@@H]2O. The summed E-state index contributed by atoms with van der Waals surface area (Å²) in [5, 5.41) is 30.2. The highest BCUT2D eigenvalue weighted by Gasteiger charge is 2.57. The molecule has 178 valence electrons. The van der Waals surface area contributed by atoms with E-state index in [0.717, 1.165) is 32.1 Å². The first-order chi connectivity index (χ1) is 15.5. The molecule has 0 aliphatic heterocycles. The molecular formula is C28H42O4. The second kappa shape index (κ2) is 9.27. The summed E-state index contributed by atoms with van der Waals surface area (Å²) in [5.41, 5.74) is 2.57. The first kappa shape index (κ1) is 22.7. The third-order valence-electron chi connectivity index (χ3n) is 9.67. The van der Waals surface area contributed by atoms with Crippen LogP contribution in [0.1, 0.15) is 101 Å². The Balaban J connectivity index is 0.000000165. The minimum atomic E-state index is -0.565. The van der Waals surface area contributed by atoms with Crippen LogP contribution in [0.5, 0.6) is 5.75 Å². The van der Waals surface area contributed by atoms with E-state index in [4.69, 9.17) is 4.74 Å². The van der Waals surface area contributed by atoms with E-state index < -0.39 is 12.2 Å². The predicted octanol–water partition coefficient (Wildman–Crippen LogP) is 5.47. The van der Waals surface area contributed by atoms with Crippen molar-refractivity contribution in [1.82, 2.24) is 0 Å². The number of aryl methyl sites for hydroxylation is 1. The molecule has 4 heteroatoms. The van der Waals surface area contributed by atoms with Gasteiger partial charge in [0.05, 0.1) is 24.4 Å². The van der Waals surface area contributed by atoms with Crippen molar-refractivity contribution in [3.8, 4) is 5.75 Å². The number of phenols is 1. The maximum Gasteiger partial charge on any atom is 0.115 e. The van der Waals surface area contributed by atoms with Crippen LogP contribution in [0.15, 0.2) is 18.2 Å². The lowest BCUT2D eigenvalue weighted by Crippen LogP contribution is -2.44. The van der Waals surface area contributed by atoms with E-state index in [9.17, 15) is 15.3 Å². The van der Waals surface area contributed by atoms with Crippen molar-refractivity contribution in [1.29, 1.82) is 0 Å². The van der Waals surface area contributed by atoms with Crippen molar-refractivity contribution < 1.29 is 20.1 Å². The molecule has 6 rings (SSSR count). The number of aliphatic hydroxyl groups is 2. The second-order valence-electron chi connectivity index (χ2n) is 11.5. The van der Waals surface area contributed by atoms with E-state index in [1.165, 1.54) is 62.5 Å². The van der Waals surface area contributed by atoms with E-state index in [2.05, 4.69) is 13.0 Å². The molecule has 0 amide bonds. The van der Waals surface area contributed by atoms with Gasteiger partial charge in [-0.3, -0.25) is 0 Å². The van der Waals surface area contributed by atoms with Crippen molar-refractivity contribution in [2.75, 3.05) is 0 Å². The number of phenolic OH excluding ortho intramolecular Hbond substituents is 1. The van der Waals surface area contributed by atoms with Crippen LogP contribution in [0, 0.1) is 17.3 Å². The third-order valence-corrected chi connectivity index (χ3v) is 9.67. The quantitative estimate of drug-likeness (QED) is 0.568. The summed E-state index contributed by atoms with van der Waals surface area (Å²) in [6, 6.07) is 5.80. The Kier molecular flexibility index (Phi) is 6.57. The molecule has 4 nitrogen and oxygen atoms in total. The highest BCUT2D eigenvalue weighted by atomic mass is 16.5. The molecule has 32 heavy (non-hydrogen) atoms. The van der Waals surface area contributed by atoms with Gasteiger partial charge in [-0.05, 0) is 104 Å². The number of rotatable bonds is 2. The molecule has 0 saturated heterocycles. The van der Waals surface area contributed by atoms with Crippen LogP contribution in [0.4, 0.5) is 0 Å². The Labute approximate surface area is 193 Å². The molecular weight excluding hydrogens is 400 g/mol. The Hall–Kier alpha value is -1.10. The molecule has 0 unspecified atom stereocenters. The number of hydrogen-bond donors (Lipinski definition) is 3. The number of fused-ring (bicyclic) bond motifs is 5. The Morgan fingerprint density at radius 2 is 1.56 bits per heavy atom. The van der Waals surface area contributed by atoms with Gasteiger partial charge >= 0.3 is 0 Å². The number of aromatic hydroxyl groups is 1. The van der Waals surface area contributed by atoms with E-state index >= 15 is 0 Å². The van der Waals surface area contributed by atoms with Gasteiger partial charge in [-0.2, -0.15) is 0 Å². The molecule has 5 aliphatic rings. The van der Waals surface area contributed by atoms with Crippen molar-refractivity contribution in [2.24, 2.45) is 17.3 Å². The zero-order valence-corrected chi connectivity index (χ0v) is 19.7. The van der Waals surface area contributed by atoms with Crippen LogP contribution in [0.3, 0.4) is 0 Å². The van der Waals surface area contributed by atoms with Crippen molar-refractivity contribution in [3.05, 3.63) is 29.3 Å². The van der Waals surface area contributed by atoms with Crippen LogP contribution in [-0.4, -0.2) is 39.7 Å². The maximum absolute atomic E-state index is 10.4. The molecule has 0 heterocycles. The number of hydrogen-bond acceptors (Lipinski definition) is 4. The number of ether oxygens (including phenoxy) is 1. The monoisotopic (exact) mass is 442 g/mol. The molecule has 0 spiro atoms. The van der Waals surface area contributed by atoms with Gasteiger partial charge < -0.3 is 20.1 Å². The largest absolute Gasteiger partial charge is 0.508 e. The Morgan fingerprint density at radius 1 is 0.906 bits per heavy atom. The Morgan fingerprint density at radius 3 is 2.22 bits per heavy atom. The van der Waals surface area contributed by atoms with Crippen molar-refractivity contribution >= 4 is 0 Å².